The van der Waals surface area contributed by atoms with E-state index in [1.807, 2.05) is 0 Å². The van der Waals surface area contributed by atoms with Crippen LogP contribution < -0.4 is 0 Å². The summed E-state index contributed by atoms with van der Waals surface area (Å²) in [6.45, 7) is 2.06. The first-order valence-corrected chi connectivity index (χ1v) is 7.17. The third-order valence-corrected chi connectivity index (χ3v) is 3.91. The zero-order valence-corrected chi connectivity index (χ0v) is 11.9. The Morgan fingerprint density at radius 2 is 1.52 bits per heavy atom. The summed E-state index contributed by atoms with van der Waals surface area (Å²) in [6.07, 6.45) is 0. The molecular formula is C20H15N. The van der Waals surface area contributed by atoms with Gasteiger partial charge >= 0.3 is 0 Å². The maximum absolute atomic E-state index is 4.71. The van der Waals surface area contributed by atoms with Crippen molar-refractivity contribution in [1.82, 2.24) is 4.98 Å². The molecule has 0 aliphatic rings. The molecule has 100 valence electrons. The Morgan fingerprint density at radius 1 is 0.762 bits per heavy atom. The molecule has 21 heavy (non-hydrogen) atoms. The highest BCUT2D eigenvalue weighted by Gasteiger charge is 2.09. The standard InChI is InChI=1S/C20H15N/c1-14-13-18(15-7-3-2-4-8-15)20-17-10-6-5-9-16(17)11-12-19(20)21-14/h2-13H,1H3. The molecule has 0 bridgehead atoms. The molecule has 0 saturated heterocycles. The smallest absolute Gasteiger partial charge is 0.0717 e. The molecule has 1 nitrogen and oxygen atoms in total. The van der Waals surface area contributed by atoms with Gasteiger partial charge in [-0.1, -0.05) is 60.7 Å². The molecule has 4 aromatic rings. The zero-order chi connectivity index (χ0) is 14.2. The second-order valence-corrected chi connectivity index (χ2v) is 5.36. The highest BCUT2D eigenvalue weighted by molar-refractivity contribution is 6.13. The van der Waals surface area contributed by atoms with Crippen molar-refractivity contribution in [2.75, 3.05) is 0 Å². The maximum Gasteiger partial charge on any atom is 0.0717 e. The van der Waals surface area contributed by atoms with E-state index in [-0.39, 0.29) is 0 Å². The molecule has 0 spiro atoms. The highest BCUT2D eigenvalue weighted by Crippen LogP contribution is 2.33. The van der Waals surface area contributed by atoms with E-state index in [1.54, 1.807) is 0 Å². The third-order valence-electron chi connectivity index (χ3n) is 3.91. The van der Waals surface area contributed by atoms with Gasteiger partial charge in [-0.25, -0.2) is 0 Å². The molecule has 4 rings (SSSR count). The van der Waals surface area contributed by atoms with E-state index in [9.17, 15) is 0 Å². The largest absolute Gasteiger partial charge is 0.253 e. The van der Waals surface area contributed by atoms with Crippen LogP contribution in [0, 0.1) is 6.92 Å². The van der Waals surface area contributed by atoms with Crippen LogP contribution in [0.4, 0.5) is 0 Å². The monoisotopic (exact) mass is 269 g/mol. The SMILES string of the molecule is Cc1cc(-c2ccccc2)c2c(ccc3ccccc32)n1. The van der Waals surface area contributed by atoms with Crippen LogP contribution in [0.3, 0.4) is 0 Å². The van der Waals surface area contributed by atoms with E-state index in [2.05, 4.69) is 79.7 Å². The van der Waals surface area contributed by atoms with Crippen LogP contribution in [-0.2, 0) is 0 Å². The molecule has 0 N–H and O–H groups in total. The molecule has 1 aromatic heterocycles. The Balaban J connectivity index is 2.21. The van der Waals surface area contributed by atoms with Crippen molar-refractivity contribution < 1.29 is 0 Å². The number of hydrogen-bond donors (Lipinski definition) is 0. The maximum atomic E-state index is 4.71. The summed E-state index contributed by atoms with van der Waals surface area (Å²) in [5.74, 6) is 0. The first kappa shape index (κ1) is 12.1. The van der Waals surface area contributed by atoms with Gasteiger partial charge in [0.2, 0.25) is 0 Å². The van der Waals surface area contributed by atoms with E-state index in [0.717, 1.165) is 11.2 Å². The van der Waals surface area contributed by atoms with E-state index in [0.29, 0.717) is 0 Å². The van der Waals surface area contributed by atoms with Crippen LogP contribution in [0.5, 0.6) is 0 Å². The molecule has 0 aliphatic carbocycles. The second kappa shape index (κ2) is 4.71. The van der Waals surface area contributed by atoms with Crippen LogP contribution in [-0.4, -0.2) is 4.98 Å². The van der Waals surface area contributed by atoms with Crippen molar-refractivity contribution in [3.8, 4) is 11.1 Å². The van der Waals surface area contributed by atoms with Crippen LogP contribution in [0.2, 0.25) is 0 Å². The normalized spacial score (nSPS) is 11.1. The van der Waals surface area contributed by atoms with Gasteiger partial charge in [0.25, 0.3) is 0 Å². The van der Waals surface area contributed by atoms with Gasteiger partial charge in [-0.2, -0.15) is 0 Å². The van der Waals surface area contributed by atoms with Crippen molar-refractivity contribution in [3.63, 3.8) is 0 Å². The second-order valence-electron chi connectivity index (χ2n) is 5.36. The zero-order valence-electron chi connectivity index (χ0n) is 11.9. The lowest BCUT2D eigenvalue weighted by atomic mass is 9.96. The molecule has 1 heteroatoms. The first-order chi connectivity index (χ1) is 10.3. The van der Waals surface area contributed by atoms with E-state index in [1.165, 1.54) is 27.3 Å². The Labute approximate surface area is 123 Å². The Hall–Kier alpha value is -2.67. The minimum atomic E-state index is 1.05. The van der Waals surface area contributed by atoms with Gasteiger partial charge in [0.15, 0.2) is 0 Å². The minimum Gasteiger partial charge on any atom is -0.253 e. The van der Waals surface area contributed by atoms with E-state index in [4.69, 9.17) is 4.98 Å². The summed E-state index contributed by atoms with van der Waals surface area (Å²) >= 11 is 0. The average Bonchev–Trinajstić information content (AvgIpc) is 2.54. The fourth-order valence-electron chi connectivity index (χ4n) is 2.98. The summed E-state index contributed by atoms with van der Waals surface area (Å²) in [4.78, 5) is 4.71. The topological polar surface area (TPSA) is 12.9 Å². The van der Waals surface area contributed by atoms with Gasteiger partial charge in [0.1, 0.15) is 0 Å². The first-order valence-electron chi connectivity index (χ1n) is 7.17. The molecule has 0 radical (unpaired) electrons. The van der Waals surface area contributed by atoms with Crippen molar-refractivity contribution in [2.45, 2.75) is 6.92 Å². The van der Waals surface area contributed by atoms with Crippen molar-refractivity contribution in [3.05, 3.63) is 78.5 Å². The Morgan fingerprint density at radius 3 is 2.38 bits per heavy atom. The van der Waals surface area contributed by atoms with Gasteiger partial charge in [-0.05, 0) is 41.0 Å². The van der Waals surface area contributed by atoms with Crippen molar-refractivity contribution in [2.24, 2.45) is 0 Å². The molecule has 3 aromatic carbocycles. The molecule has 0 unspecified atom stereocenters. The van der Waals surface area contributed by atoms with Crippen LogP contribution in [0.15, 0.2) is 72.8 Å². The number of rotatable bonds is 1. The lowest BCUT2D eigenvalue weighted by Gasteiger charge is -2.11. The molecule has 0 fully saturated rings. The quantitative estimate of drug-likeness (QED) is 0.424. The molecule has 0 atom stereocenters. The van der Waals surface area contributed by atoms with Crippen LogP contribution in [0.25, 0.3) is 32.8 Å². The highest BCUT2D eigenvalue weighted by atomic mass is 14.7. The predicted molar refractivity (Wildman–Crippen MR) is 89.4 cm³/mol. The predicted octanol–water partition coefficient (Wildman–Crippen LogP) is 5.36. The number of benzene rings is 3. The molecule has 1 heterocycles. The summed E-state index contributed by atoms with van der Waals surface area (Å²) in [5.41, 5.74) is 4.61. The number of aromatic nitrogens is 1. The fourth-order valence-corrected chi connectivity index (χ4v) is 2.98. The van der Waals surface area contributed by atoms with Gasteiger partial charge in [0.05, 0.1) is 5.52 Å². The summed E-state index contributed by atoms with van der Waals surface area (Å²) in [6, 6.07) is 25.5. The molecule has 0 saturated carbocycles. The third kappa shape index (κ3) is 1.98. The van der Waals surface area contributed by atoms with Gasteiger partial charge in [0, 0.05) is 11.1 Å². The summed E-state index contributed by atoms with van der Waals surface area (Å²) in [5, 5.41) is 3.76. The van der Waals surface area contributed by atoms with Gasteiger partial charge in [-0.3, -0.25) is 4.98 Å². The summed E-state index contributed by atoms with van der Waals surface area (Å²) in [7, 11) is 0. The molecule has 0 amide bonds. The Kier molecular flexibility index (Phi) is 2.71. The lowest BCUT2D eigenvalue weighted by molar-refractivity contribution is 1.26. The van der Waals surface area contributed by atoms with Gasteiger partial charge in [-0.15, -0.1) is 0 Å². The summed E-state index contributed by atoms with van der Waals surface area (Å²) < 4.78 is 0. The fraction of sp³-hybridized carbons (Fsp3) is 0.0500. The van der Waals surface area contributed by atoms with E-state index < -0.39 is 0 Å². The van der Waals surface area contributed by atoms with E-state index >= 15 is 0 Å². The van der Waals surface area contributed by atoms with Crippen LogP contribution in [0.1, 0.15) is 5.69 Å². The average molecular weight is 269 g/mol. The number of pyridine rings is 1. The minimum absolute atomic E-state index is 1.05. The van der Waals surface area contributed by atoms with Crippen molar-refractivity contribution >= 4 is 21.7 Å². The number of hydrogen-bond acceptors (Lipinski definition) is 1. The lowest BCUT2D eigenvalue weighted by Crippen LogP contribution is -1.89. The number of nitrogens with zero attached hydrogens (tertiary/aromatic N) is 1. The van der Waals surface area contributed by atoms with Crippen molar-refractivity contribution in [1.29, 1.82) is 0 Å². The molecule has 0 aliphatic heterocycles. The number of aryl methyl sites for hydroxylation is 1. The molecular weight excluding hydrogens is 254 g/mol. The van der Waals surface area contributed by atoms with Gasteiger partial charge < -0.3 is 0 Å². The Bertz CT molecular complexity index is 940. The van der Waals surface area contributed by atoms with Crippen LogP contribution >= 0.6 is 0 Å². The number of fused-ring (bicyclic) bond motifs is 3.